The van der Waals surface area contributed by atoms with Crippen molar-refractivity contribution in [1.29, 1.82) is 0 Å². The molecule has 0 saturated carbocycles. The average molecular weight is 661 g/mol. The fourth-order valence-electron chi connectivity index (χ4n) is 8.67. The summed E-state index contributed by atoms with van der Waals surface area (Å²) in [5.41, 5.74) is 14.5. The van der Waals surface area contributed by atoms with E-state index in [1.807, 2.05) is 0 Å². The lowest BCUT2D eigenvalue weighted by molar-refractivity contribution is 1.18. The van der Waals surface area contributed by atoms with Crippen molar-refractivity contribution in [2.24, 2.45) is 0 Å². The Kier molecular flexibility index (Phi) is 6.28. The molecule has 1 aromatic heterocycles. The third kappa shape index (κ3) is 4.25. The molecule has 242 valence electrons. The zero-order chi connectivity index (χ0) is 34.2. The number of hydrogen-bond acceptors (Lipinski definition) is 1. The van der Waals surface area contributed by atoms with Crippen molar-refractivity contribution in [3.63, 3.8) is 0 Å². The van der Waals surface area contributed by atoms with Gasteiger partial charge in [0.2, 0.25) is 0 Å². The van der Waals surface area contributed by atoms with Crippen LogP contribution in [0.4, 0.5) is 17.1 Å². The molecule has 2 heteroatoms. The quantitative estimate of drug-likeness (QED) is 0.167. The SMILES string of the molecule is c1ccc(-c2cccc(N(c3ccc4c(c3)c3ccccc3n4-c3ccccc3)c3cccc4c3-c3cccc5cc6ccccc6c-4c35)c2)cc1. The minimum absolute atomic E-state index is 1.12. The van der Waals surface area contributed by atoms with Gasteiger partial charge in [0.25, 0.3) is 0 Å². The summed E-state index contributed by atoms with van der Waals surface area (Å²) in [6, 6.07) is 71.0. The normalized spacial score (nSPS) is 11.8. The number of fused-ring (bicyclic) bond motifs is 8. The summed E-state index contributed by atoms with van der Waals surface area (Å²) in [7, 11) is 0. The van der Waals surface area contributed by atoms with Gasteiger partial charge < -0.3 is 9.47 Å². The van der Waals surface area contributed by atoms with Crippen molar-refractivity contribution >= 4 is 60.4 Å². The van der Waals surface area contributed by atoms with Crippen LogP contribution in [-0.4, -0.2) is 4.57 Å². The highest BCUT2D eigenvalue weighted by atomic mass is 15.1. The highest BCUT2D eigenvalue weighted by molar-refractivity contribution is 6.26. The minimum atomic E-state index is 1.12. The lowest BCUT2D eigenvalue weighted by atomic mass is 9.96. The Balaban J connectivity index is 1.20. The monoisotopic (exact) mass is 660 g/mol. The van der Waals surface area contributed by atoms with Crippen LogP contribution in [-0.2, 0) is 0 Å². The van der Waals surface area contributed by atoms with Crippen LogP contribution < -0.4 is 4.90 Å². The highest BCUT2D eigenvalue weighted by Gasteiger charge is 2.29. The molecule has 10 aromatic rings. The maximum atomic E-state index is 2.48. The molecule has 9 aromatic carbocycles. The fourth-order valence-corrected chi connectivity index (χ4v) is 8.67. The Bertz CT molecular complexity index is 3010. The Labute approximate surface area is 302 Å². The number of hydrogen-bond donors (Lipinski definition) is 0. The summed E-state index contributed by atoms with van der Waals surface area (Å²) in [6.45, 7) is 0. The first kappa shape index (κ1) is 28.9. The summed E-state index contributed by atoms with van der Waals surface area (Å²) >= 11 is 0. The van der Waals surface area contributed by atoms with Crippen LogP contribution in [0.25, 0.3) is 82.4 Å². The first-order chi connectivity index (χ1) is 25.8. The molecule has 1 heterocycles. The minimum Gasteiger partial charge on any atom is -0.310 e. The van der Waals surface area contributed by atoms with Gasteiger partial charge >= 0.3 is 0 Å². The maximum Gasteiger partial charge on any atom is 0.0546 e. The number of benzene rings is 9. The molecule has 0 saturated heterocycles. The molecule has 0 unspecified atom stereocenters. The molecule has 2 nitrogen and oxygen atoms in total. The molecule has 11 rings (SSSR count). The van der Waals surface area contributed by atoms with E-state index in [0.717, 1.165) is 17.1 Å². The van der Waals surface area contributed by atoms with Crippen molar-refractivity contribution in [3.8, 4) is 39.1 Å². The molecule has 0 aliphatic heterocycles. The molecular formula is C50H32N2. The van der Waals surface area contributed by atoms with Crippen LogP contribution in [0.3, 0.4) is 0 Å². The van der Waals surface area contributed by atoms with E-state index in [2.05, 4.69) is 204 Å². The van der Waals surface area contributed by atoms with Crippen molar-refractivity contribution in [3.05, 3.63) is 194 Å². The van der Waals surface area contributed by atoms with Gasteiger partial charge in [0.15, 0.2) is 0 Å². The van der Waals surface area contributed by atoms with Gasteiger partial charge in [0.1, 0.15) is 0 Å². The molecule has 0 spiro atoms. The molecule has 0 atom stereocenters. The number of anilines is 3. The lowest BCUT2D eigenvalue weighted by Gasteiger charge is -2.28. The predicted molar refractivity (Wildman–Crippen MR) is 220 cm³/mol. The Hall–Kier alpha value is -6.90. The Morgan fingerprint density at radius 2 is 1.02 bits per heavy atom. The highest BCUT2D eigenvalue weighted by Crippen LogP contribution is 2.55. The second kappa shape index (κ2) is 11.3. The molecule has 52 heavy (non-hydrogen) atoms. The molecule has 1 aliphatic rings. The van der Waals surface area contributed by atoms with Gasteiger partial charge in [-0.1, -0.05) is 133 Å². The Morgan fingerprint density at radius 1 is 0.365 bits per heavy atom. The molecule has 0 amide bonds. The van der Waals surface area contributed by atoms with E-state index < -0.39 is 0 Å². The van der Waals surface area contributed by atoms with Gasteiger partial charge in [0.05, 0.1) is 16.7 Å². The van der Waals surface area contributed by atoms with Gasteiger partial charge in [-0.25, -0.2) is 0 Å². The smallest absolute Gasteiger partial charge is 0.0546 e. The summed E-state index contributed by atoms with van der Waals surface area (Å²) in [5.74, 6) is 0. The van der Waals surface area contributed by atoms with Gasteiger partial charge in [-0.2, -0.15) is 0 Å². The molecule has 0 radical (unpaired) electrons. The van der Waals surface area contributed by atoms with E-state index in [1.54, 1.807) is 0 Å². The van der Waals surface area contributed by atoms with Gasteiger partial charge in [-0.15, -0.1) is 0 Å². The molecule has 0 fully saturated rings. The zero-order valence-electron chi connectivity index (χ0n) is 28.4. The van der Waals surface area contributed by atoms with Crippen LogP contribution in [0, 0.1) is 0 Å². The first-order valence-corrected chi connectivity index (χ1v) is 17.9. The average Bonchev–Trinajstić information content (AvgIpc) is 3.73. The van der Waals surface area contributed by atoms with Gasteiger partial charge in [0, 0.05) is 33.4 Å². The second-order valence-electron chi connectivity index (χ2n) is 13.7. The van der Waals surface area contributed by atoms with E-state index >= 15 is 0 Å². The summed E-state index contributed by atoms with van der Waals surface area (Å²) < 4.78 is 2.39. The standard InChI is InChI=1S/C50H32N2/c1-3-14-33(15-4-1)34-17-11-21-38(31-34)51(39-28-29-46-44(32-39)41-23-9-10-26-45(41)52(46)37-19-5-2-6-20-37)47-27-13-25-43-49(47)42-24-12-18-36-30-35-16-7-8-22-40(35)50(43)48(36)42/h1-32H. The first-order valence-electron chi connectivity index (χ1n) is 17.9. The summed E-state index contributed by atoms with van der Waals surface area (Å²) in [4.78, 5) is 2.48. The van der Waals surface area contributed by atoms with Crippen LogP contribution in [0.5, 0.6) is 0 Å². The Morgan fingerprint density at radius 3 is 1.90 bits per heavy atom. The predicted octanol–water partition coefficient (Wildman–Crippen LogP) is 13.9. The summed E-state index contributed by atoms with van der Waals surface area (Å²) in [5, 5.41) is 7.65. The fraction of sp³-hybridized carbons (Fsp3) is 0. The molecule has 0 N–H and O–H groups in total. The van der Waals surface area contributed by atoms with E-state index in [1.165, 1.54) is 82.4 Å². The third-order valence-corrected chi connectivity index (χ3v) is 10.9. The number of rotatable bonds is 5. The van der Waals surface area contributed by atoms with Gasteiger partial charge in [-0.3, -0.25) is 0 Å². The molecular weight excluding hydrogens is 629 g/mol. The summed E-state index contributed by atoms with van der Waals surface area (Å²) in [6.07, 6.45) is 0. The zero-order valence-corrected chi connectivity index (χ0v) is 28.4. The second-order valence-corrected chi connectivity index (χ2v) is 13.7. The van der Waals surface area contributed by atoms with Crippen LogP contribution in [0.15, 0.2) is 194 Å². The van der Waals surface area contributed by atoms with Gasteiger partial charge in [-0.05, 0) is 110 Å². The van der Waals surface area contributed by atoms with Crippen LogP contribution in [0.2, 0.25) is 0 Å². The topological polar surface area (TPSA) is 8.17 Å². The van der Waals surface area contributed by atoms with E-state index in [-0.39, 0.29) is 0 Å². The number of para-hydroxylation sites is 2. The molecule has 0 bridgehead atoms. The number of nitrogens with zero attached hydrogens (tertiary/aromatic N) is 2. The van der Waals surface area contributed by atoms with Crippen LogP contribution >= 0.6 is 0 Å². The largest absolute Gasteiger partial charge is 0.310 e. The molecule has 1 aliphatic carbocycles. The lowest BCUT2D eigenvalue weighted by Crippen LogP contribution is -2.11. The van der Waals surface area contributed by atoms with E-state index in [4.69, 9.17) is 0 Å². The van der Waals surface area contributed by atoms with Crippen LogP contribution in [0.1, 0.15) is 0 Å². The maximum absolute atomic E-state index is 2.48. The van der Waals surface area contributed by atoms with Crippen molar-refractivity contribution in [1.82, 2.24) is 4.57 Å². The third-order valence-electron chi connectivity index (χ3n) is 10.9. The van der Waals surface area contributed by atoms with Crippen molar-refractivity contribution in [2.75, 3.05) is 4.90 Å². The van der Waals surface area contributed by atoms with E-state index in [0.29, 0.717) is 0 Å². The van der Waals surface area contributed by atoms with Crippen molar-refractivity contribution < 1.29 is 0 Å². The van der Waals surface area contributed by atoms with E-state index in [9.17, 15) is 0 Å². The number of aromatic nitrogens is 1. The van der Waals surface area contributed by atoms with Crippen molar-refractivity contribution in [2.45, 2.75) is 0 Å².